The summed E-state index contributed by atoms with van der Waals surface area (Å²) in [5.74, 6) is 3.58. The summed E-state index contributed by atoms with van der Waals surface area (Å²) >= 11 is 0. The number of fused-ring (bicyclic) bond motifs is 6. The first kappa shape index (κ1) is 26.6. The quantitative estimate of drug-likeness (QED) is 0.257. The number of halogens is 4. The molecule has 7 nitrogen and oxygen atoms in total. The molecule has 0 aliphatic carbocycles. The molecule has 5 fully saturated rings. The minimum absolute atomic E-state index is 0.0578. The third-order valence-corrected chi connectivity index (χ3v) is 9.54. The van der Waals surface area contributed by atoms with Gasteiger partial charge in [-0.05, 0) is 61.7 Å². The summed E-state index contributed by atoms with van der Waals surface area (Å²) in [4.78, 5) is 17.9. The second-order valence-corrected chi connectivity index (χ2v) is 12.1. The molecule has 5 aliphatic heterocycles. The number of pyridine rings is 1. The molecule has 5 saturated heterocycles. The molecule has 43 heavy (non-hydrogen) atoms. The van der Waals surface area contributed by atoms with E-state index in [1.165, 1.54) is 24.4 Å². The van der Waals surface area contributed by atoms with Crippen molar-refractivity contribution in [1.82, 2.24) is 25.2 Å². The van der Waals surface area contributed by atoms with Gasteiger partial charge in [0.25, 0.3) is 0 Å². The summed E-state index contributed by atoms with van der Waals surface area (Å²) in [6, 6.07) is 5.14. The van der Waals surface area contributed by atoms with E-state index >= 15 is 8.78 Å². The number of nitrogens with zero attached hydrogens (tertiary/aromatic N) is 5. The van der Waals surface area contributed by atoms with Crippen LogP contribution in [0.25, 0.3) is 32.9 Å². The molecular formula is C32H28F4N6O. The Labute approximate surface area is 244 Å². The van der Waals surface area contributed by atoms with Crippen LogP contribution in [0.15, 0.2) is 30.5 Å². The third-order valence-electron chi connectivity index (χ3n) is 9.54. The largest absolute Gasteiger partial charge is 0.508 e. The summed E-state index contributed by atoms with van der Waals surface area (Å²) < 4.78 is 60.3. The number of hydrogen-bond acceptors (Lipinski definition) is 7. The van der Waals surface area contributed by atoms with Crippen molar-refractivity contribution >= 4 is 27.5 Å². The standard InChI is InChI=1S/C32H28F4N6O/c33-18-12-32(7-1-9-41(32)15-18)8-6-25-39-30-23(31(40-25)42-16-19-3-4-20(42)13-37-19)14-38-29(28(30)36)22-11-21(43)10-17-2-5-24(34)27(35)26(17)22/h2,5,10-11,14,18-20,37,43H,1,3-4,7,9,12-13,15-16H2/t18-,19+,20+,32-/m1/s1. The first-order valence-electron chi connectivity index (χ1n) is 14.7. The van der Waals surface area contributed by atoms with E-state index < -0.39 is 29.2 Å². The molecule has 7 heterocycles. The van der Waals surface area contributed by atoms with Crippen LogP contribution in [0.2, 0.25) is 0 Å². The number of aromatic hydroxyl groups is 1. The lowest BCUT2D eigenvalue weighted by Crippen LogP contribution is -2.61. The molecule has 5 aliphatic rings. The van der Waals surface area contributed by atoms with Crippen LogP contribution in [-0.4, -0.2) is 74.9 Å². The molecule has 220 valence electrons. The maximum absolute atomic E-state index is 16.6. The molecule has 11 heteroatoms. The summed E-state index contributed by atoms with van der Waals surface area (Å²) in [5, 5.41) is 14.3. The molecule has 2 aromatic heterocycles. The number of phenolic OH excluding ortho intramolecular Hbond substituents is 1. The monoisotopic (exact) mass is 588 g/mol. The Morgan fingerprint density at radius 3 is 2.74 bits per heavy atom. The number of phenols is 1. The van der Waals surface area contributed by atoms with Crippen LogP contribution in [0.1, 0.15) is 37.9 Å². The molecule has 0 spiro atoms. The molecular weight excluding hydrogens is 560 g/mol. The highest BCUT2D eigenvalue weighted by atomic mass is 19.2. The van der Waals surface area contributed by atoms with Crippen LogP contribution in [-0.2, 0) is 0 Å². The Kier molecular flexibility index (Phi) is 6.04. The number of piperidine rings is 2. The fourth-order valence-corrected chi connectivity index (χ4v) is 7.51. The van der Waals surface area contributed by atoms with E-state index in [9.17, 15) is 13.9 Å². The predicted molar refractivity (Wildman–Crippen MR) is 154 cm³/mol. The van der Waals surface area contributed by atoms with Gasteiger partial charge in [0.05, 0.1) is 10.9 Å². The zero-order chi connectivity index (χ0) is 29.5. The van der Waals surface area contributed by atoms with Gasteiger partial charge in [-0.1, -0.05) is 12.0 Å². The molecule has 0 radical (unpaired) electrons. The second-order valence-electron chi connectivity index (χ2n) is 12.1. The fraction of sp³-hybridized carbons (Fsp3) is 0.406. The van der Waals surface area contributed by atoms with Crippen LogP contribution < -0.4 is 10.2 Å². The normalized spacial score (nSPS) is 26.7. The van der Waals surface area contributed by atoms with Crippen LogP contribution in [0.3, 0.4) is 0 Å². The van der Waals surface area contributed by atoms with Crippen LogP contribution in [0, 0.1) is 29.3 Å². The van der Waals surface area contributed by atoms with Crippen molar-refractivity contribution in [2.24, 2.45) is 0 Å². The molecule has 0 unspecified atom stereocenters. The van der Waals surface area contributed by atoms with E-state index in [1.54, 1.807) is 0 Å². The molecule has 4 atom stereocenters. The Hall–Kier alpha value is -4.01. The van der Waals surface area contributed by atoms with Gasteiger partial charge in [0, 0.05) is 55.3 Å². The lowest BCUT2D eigenvalue weighted by atomic mass is 9.92. The minimum atomic E-state index is -1.16. The average molecular weight is 589 g/mol. The number of rotatable bonds is 2. The van der Waals surface area contributed by atoms with E-state index in [0.717, 1.165) is 44.8 Å². The third kappa shape index (κ3) is 4.22. The second kappa shape index (κ2) is 9.76. The molecule has 2 N–H and O–H groups in total. The Bertz CT molecular complexity index is 1870. The zero-order valence-corrected chi connectivity index (χ0v) is 23.2. The van der Waals surface area contributed by atoms with Crippen molar-refractivity contribution in [3.8, 4) is 28.8 Å². The fourth-order valence-electron chi connectivity index (χ4n) is 7.51. The SMILES string of the molecule is Oc1cc(-c2ncc3c(N4C[C@@H]5CC[C@H]4CN5)nc(C#C[C@@]45CCCN4C[C@H](F)C5)nc3c2F)c2c(F)c(F)ccc2c1. The number of nitrogens with one attached hydrogen (secondary N) is 1. The van der Waals surface area contributed by atoms with Crippen molar-refractivity contribution in [2.45, 2.75) is 55.9 Å². The van der Waals surface area contributed by atoms with Crippen LogP contribution >= 0.6 is 0 Å². The number of hydrogen-bond donors (Lipinski definition) is 2. The van der Waals surface area contributed by atoms with Gasteiger partial charge in [-0.2, -0.15) is 0 Å². The molecule has 0 amide bonds. The highest BCUT2D eigenvalue weighted by molar-refractivity contribution is 6.00. The molecule has 2 aromatic carbocycles. The van der Waals surface area contributed by atoms with Crippen molar-refractivity contribution in [2.75, 3.05) is 31.1 Å². The average Bonchev–Trinajstić information content (AvgIpc) is 3.54. The summed E-state index contributed by atoms with van der Waals surface area (Å²) in [5.41, 5.74) is -1.02. The number of alkyl halides is 1. The lowest BCUT2D eigenvalue weighted by molar-refractivity contribution is 0.255. The van der Waals surface area contributed by atoms with Gasteiger partial charge in [0.2, 0.25) is 5.82 Å². The van der Waals surface area contributed by atoms with E-state index in [0.29, 0.717) is 30.7 Å². The first-order chi connectivity index (χ1) is 20.8. The summed E-state index contributed by atoms with van der Waals surface area (Å²) in [7, 11) is 0. The van der Waals surface area contributed by atoms with Gasteiger partial charge in [-0.15, -0.1) is 0 Å². The van der Waals surface area contributed by atoms with Gasteiger partial charge < -0.3 is 15.3 Å². The van der Waals surface area contributed by atoms with Gasteiger partial charge in [-0.25, -0.2) is 27.5 Å². The van der Waals surface area contributed by atoms with Crippen molar-refractivity contribution < 1.29 is 22.7 Å². The zero-order valence-electron chi connectivity index (χ0n) is 23.2. The number of anilines is 1. The first-order valence-corrected chi connectivity index (χ1v) is 14.7. The maximum Gasteiger partial charge on any atom is 0.207 e. The smallest absolute Gasteiger partial charge is 0.207 e. The minimum Gasteiger partial charge on any atom is -0.508 e. The lowest BCUT2D eigenvalue weighted by Gasteiger charge is -2.46. The van der Waals surface area contributed by atoms with E-state index in [4.69, 9.17) is 4.98 Å². The van der Waals surface area contributed by atoms with Gasteiger partial charge >= 0.3 is 0 Å². The highest BCUT2D eigenvalue weighted by Gasteiger charge is 2.47. The van der Waals surface area contributed by atoms with Gasteiger partial charge in [0.15, 0.2) is 17.5 Å². The van der Waals surface area contributed by atoms with Crippen molar-refractivity contribution in [1.29, 1.82) is 0 Å². The Balaban J connectivity index is 1.33. The molecule has 2 bridgehead atoms. The molecule has 0 saturated carbocycles. The van der Waals surface area contributed by atoms with Gasteiger partial charge in [-0.3, -0.25) is 9.88 Å². The van der Waals surface area contributed by atoms with Crippen LogP contribution in [0.5, 0.6) is 5.75 Å². The topological polar surface area (TPSA) is 77.4 Å². The van der Waals surface area contributed by atoms with Crippen molar-refractivity contribution in [3.05, 3.63) is 53.7 Å². The predicted octanol–water partition coefficient (Wildman–Crippen LogP) is 4.84. The number of piperazine rings is 1. The number of benzene rings is 2. The van der Waals surface area contributed by atoms with Gasteiger partial charge in [0.1, 0.15) is 28.9 Å². The molecule has 4 aromatic rings. The van der Waals surface area contributed by atoms with E-state index in [-0.39, 0.29) is 51.2 Å². The maximum atomic E-state index is 16.6. The van der Waals surface area contributed by atoms with Crippen LogP contribution in [0.4, 0.5) is 23.4 Å². The highest BCUT2D eigenvalue weighted by Crippen LogP contribution is 2.41. The van der Waals surface area contributed by atoms with E-state index in [2.05, 4.69) is 36.9 Å². The van der Waals surface area contributed by atoms with Crippen molar-refractivity contribution in [3.63, 3.8) is 0 Å². The molecule has 9 rings (SSSR count). The number of aromatic nitrogens is 3. The summed E-state index contributed by atoms with van der Waals surface area (Å²) in [6.07, 6.45) is 4.47. The van der Waals surface area contributed by atoms with E-state index in [1.807, 2.05) is 0 Å². The summed E-state index contributed by atoms with van der Waals surface area (Å²) in [6.45, 7) is 2.57. The Morgan fingerprint density at radius 1 is 1.07 bits per heavy atom. The Morgan fingerprint density at radius 2 is 1.95 bits per heavy atom.